The number of alkyl halides is 1. The van der Waals surface area contributed by atoms with Gasteiger partial charge in [-0.2, -0.15) is 0 Å². The molecule has 0 rings (SSSR count). The van der Waals surface area contributed by atoms with Crippen molar-refractivity contribution in [2.45, 2.75) is 20.8 Å². The Hall–Kier alpha value is -0.240. The maximum Gasteiger partial charge on any atom is 0.237 e. The zero-order valence-corrected chi connectivity index (χ0v) is 8.19. The Morgan fingerprint density at radius 3 is 2.36 bits per heavy atom. The van der Waals surface area contributed by atoms with Crippen molar-refractivity contribution in [3.05, 3.63) is 0 Å². The lowest BCUT2D eigenvalue weighted by Gasteiger charge is -2.21. The lowest BCUT2D eigenvalue weighted by molar-refractivity contribution is -0.128. The first-order valence-electron chi connectivity index (χ1n) is 3.95. The highest BCUT2D eigenvalue weighted by molar-refractivity contribution is 6.27. The van der Waals surface area contributed by atoms with Crippen molar-refractivity contribution in [2.75, 3.05) is 19.0 Å². The Morgan fingerprint density at radius 1 is 1.55 bits per heavy atom. The second-order valence-corrected chi connectivity index (χ2v) is 3.23. The zero-order valence-electron chi connectivity index (χ0n) is 7.43. The van der Waals surface area contributed by atoms with E-state index in [-0.39, 0.29) is 11.8 Å². The molecule has 0 fully saturated rings. The van der Waals surface area contributed by atoms with E-state index in [2.05, 4.69) is 13.8 Å². The summed E-state index contributed by atoms with van der Waals surface area (Å²) in [6.07, 6.45) is 0. The van der Waals surface area contributed by atoms with Gasteiger partial charge < -0.3 is 4.90 Å². The molecule has 0 heterocycles. The predicted octanol–water partition coefficient (Wildman–Crippen LogP) is 1.73. The molecule has 0 radical (unpaired) electrons. The van der Waals surface area contributed by atoms with Gasteiger partial charge in [0, 0.05) is 13.1 Å². The highest BCUT2D eigenvalue weighted by Crippen LogP contribution is 1.99. The first kappa shape index (κ1) is 10.8. The van der Waals surface area contributed by atoms with Crippen LogP contribution in [0, 0.1) is 5.92 Å². The predicted molar refractivity (Wildman–Crippen MR) is 47.8 cm³/mol. The van der Waals surface area contributed by atoms with E-state index in [1.54, 1.807) is 4.90 Å². The van der Waals surface area contributed by atoms with Crippen molar-refractivity contribution in [2.24, 2.45) is 5.92 Å². The van der Waals surface area contributed by atoms with Crippen LogP contribution >= 0.6 is 11.6 Å². The highest BCUT2D eigenvalue weighted by atomic mass is 35.5. The standard InChI is InChI=1S/C8H16ClNO/c1-4-10(6-7(2)3)8(11)5-9/h7H,4-6H2,1-3H3. The van der Waals surface area contributed by atoms with Gasteiger partial charge in [-0.1, -0.05) is 13.8 Å². The molecule has 0 saturated heterocycles. The third-order valence-corrected chi connectivity index (χ3v) is 1.66. The summed E-state index contributed by atoms with van der Waals surface area (Å²) >= 11 is 5.42. The van der Waals surface area contributed by atoms with Crippen LogP contribution in [0.5, 0.6) is 0 Å². The van der Waals surface area contributed by atoms with Crippen LogP contribution in [0.4, 0.5) is 0 Å². The summed E-state index contributed by atoms with van der Waals surface area (Å²) in [6, 6.07) is 0. The van der Waals surface area contributed by atoms with Gasteiger partial charge in [0.15, 0.2) is 0 Å². The summed E-state index contributed by atoms with van der Waals surface area (Å²) in [7, 11) is 0. The van der Waals surface area contributed by atoms with Crippen molar-refractivity contribution >= 4 is 17.5 Å². The number of halogens is 1. The van der Waals surface area contributed by atoms with Gasteiger partial charge in [-0.05, 0) is 12.8 Å². The van der Waals surface area contributed by atoms with Gasteiger partial charge in [0.25, 0.3) is 0 Å². The van der Waals surface area contributed by atoms with Crippen LogP contribution in [0.25, 0.3) is 0 Å². The Bertz CT molecular complexity index is 125. The van der Waals surface area contributed by atoms with Gasteiger partial charge in [-0.15, -0.1) is 11.6 Å². The summed E-state index contributed by atoms with van der Waals surface area (Å²) in [6.45, 7) is 7.70. The highest BCUT2D eigenvalue weighted by Gasteiger charge is 2.10. The first-order valence-corrected chi connectivity index (χ1v) is 4.49. The van der Waals surface area contributed by atoms with E-state index in [9.17, 15) is 4.79 Å². The van der Waals surface area contributed by atoms with Crippen molar-refractivity contribution < 1.29 is 4.79 Å². The molecule has 0 unspecified atom stereocenters. The van der Waals surface area contributed by atoms with Crippen molar-refractivity contribution in [1.82, 2.24) is 4.90 Å². The van der Waals surface area contributed by atoms with Gasteiger partial charge in [0.1, 0.15) is 5.88 Å². The number of rotatable bonds is 4. The Kier molecular flexibility index (Phi) is 5.30. The molecule has 1 amide bonds. The number of nitrogens with zero attached hydrogens (tertiary/aromatic N) is 1. The van der Waals surface area contributed by atoms with Crippen LogP contribution in [-0.2, 0) is 4.79 Å². The van der Waals surface area contributed by atoms with Crippen molar-refractivity contribution in [3.8, 4) is 0 Å². The van der Waals surface area contributed by atoms with Crippen LogP contribution in [0.15, 0.2) is 0 Å². The lowest BCUT2D eigenvalue weighted by Crippen LogP contribution is -2.34. The van der Waals surface area contributed by atoms with E-state index in [4.69, 9.17) is 11.6 Å². The van der Waals surface area contributed by atoms with E-state index in [0.717, 1.165) is 13.1 Å². The van der Waals surface area contributed by atoms with Gasteiger partial charge in [-0.3, -0.25) is 4.79 Å². The Balaban J connectivity index is 3.84. The molecule has 0 aromatic rings. The minimum Gasteiger partial charge on any atom is -0.342 e. The van der Waals surface area contributed by atoms with E-state index in [1.165, 1.54) is 0 Å². The molecule has 0 aromatic carbocycles. The SMILES string of the molecule is CCN(CC(C)C)C(=O)CCl. The third kappa shape index (κ3) is 4.25. The van der Waals surface area contributed by atoms with E-state index in [0.29, 0.717) is 5.92 Å². The van der Waals surface area contributed by atoms with Crippen LogP contribution in [0.3, 0.4) is 0 Å². The molecular weight excluding hydrogens is 162 g/mol. The summed E-state index contributed by atoms with van der Waals surface area (Å²) in [5.41, 5.74) is 0. The molecule has 66 valence electrons. The quantitative estimate of drug-likeness (QED) is 0.599. The van der Waals surface area contributed by atoms with Crippen molar-refractivity contribution in [3.63, 3.8) is 0 Å². The largest absolute Gasteiger partial charge is 0.342 e. The van der Waals surface area contributed by atoms with Gasteiger partial charge in [0.05, 0.1) is 0 Å². The molecule has 0 N–H and O–H groups in total. The minimum absolute atomic E-state index is 0.0304. The van der Waals surface area contributed by atoms with E-state index in [1.807, 2.05) is 6.92 Å². The molecule has 0 spiro atoms. The average molecular weight is 178 g/mol. The maximum atomic E-state index is 11.1. The molecular formula is C8H16ClNO. The molecule has 0 aliphatic heterocycles. The summed E-state index contributed by atoms with van der Waals surface area (Å²) < 4.78 is 0. The second-order valence-electron chi connectivity index (χ2n) is 2.96. The first-order chi connectivity index (χ1) is 5.11. The van der Waals surface area contributed by atoms with Gasteiger partial charge in [0.2, 0.25) is 5.91 Å². The molecule has 0 atom stereocenters. The molecule has 0 aromatic heterocycles. The average Bonchev–Trinajstić information content (AvgIpc) is 1.98. The van der Waals surface area contributed by atoms with Crippen molar-refractivity contribution in [1.29, 1.82) is 0 Å². The summed E-state index contributed by atoms with van der Waals surface area (Å²) in [4.78, 5) is 12.8. The van der Waals surface area contributed by atoms with Crippen LogP contribution in [0.2, 0.25) is 0 Å². The smallest absolute Gasteiger partial charge is 0.237 e. The molecule has 0 aliphatic carbocycles. The fraction of sp³-hybridized carbons (Fsp3) is 0.875. The molecule has 0 bridgehead atoms. The number of hydrogen-bond donors (Lipinski definition) is 0. The number of amides is 1. The fourth-order valence-electron chi connectivity index (χ4n) is 0.933. The molecule has 2 nitrogen and oxygen atoms in total. The summed E-state index contributed by atoms with van der Waals surface area (Å²) in [5, 5.41) is 0. The number of carbonyl (C=O) groups excluding carboxylic acids is 1. The van der Waals surface area contributed by atoms with Crippen LogP contribution in [-0.4, -0.2) is 29.8 Å². The molecule has 0 aliphatic rings. The number of carbonyl (C=O) groups is 1. The van der Waals surface area contributed by atoms with Crippen LogP contribution in [0.1, 0.15) is 20.8 Å². The topological polar surface area (TPSA) is 20.3 Å². The van der Waals surface area contributed by atoms with Gasteiger partial charge >= 0.3 is 0 Å². The minimum atomic E-state index is 0.0304. The third-order valence-electron chi connectivity index (χ3n) is 1.43. The maximum absolute atomic E-state index is 11.1. The second kappa shape index (κ2) is 5.42. The Labute approximate surface area is 73.5 Å². The van der Waals surface area contributed by atoms with Crippen LogP contribution < -0.4 is 0 Å². The lowest BCUT2D eigenvalue weighted by atomic mass is 10.2. The zero-order chi connectivity index (χ0) is 8.85. The number of hydrogen-bond acceptors (Lipinski definition) is 1. The Morgan fingerprint density at radius 2 is 2.09 bits per heavy atom. The van der Waals surface area contributed by atoms with E-state index < -0.39 is 0 Å². The van der Waals surface area contributed by atoms with E-state index >= 15 is 0 Å². The molecule has 11 heavy (non-hydrogen) atoms. The fourth-order valence-corrected chi connectivity index (χ4v) is 1.10. The monoisotopic (exact) mass is 177 g/mol. The molecule has 0 saturated carbocycles. The van der Waals surface area contributed by atoms with Gasteiger partial charge in [-0.25, -0.2) is 0 Å². The summed E-state index contributed by atoms with van der Waals surface area (Å²) in [5.74, 6) is 0.644. The normalized spacial score (nSPS) is 10.3. The molecule has 3 heteroatoms.